The van der Waals surface area contributed by atoms with Crippen LogP contribution in [0.2, 0.25) is 0 Å². The Labute approximate surface area is 101 Å². The lowest BCUT2D eigenvalue weighted by atomic mass is 10.4. The second-order valence-corrected chi connectivity index (χ2v) is 3.45. The second kappa shape index (κ2) is 7.43. The summed E-state index contributed by atoms with van der Waals surface area (Å²) in [5, 5.41) is 8.87. The van der Waals surface area contributed by atoms with Gasteiger partial charge in [0.25, 0.3) is 0 Å². The first-order chi connectivity index (χ1) is 8.26. The molecule has 0 radical (unpaired) electrons. The number of nitrogens with zero attached hydrogens (tertiary/aromatic N) is 2. The van der Waals surface area contributed by atoms with Gasteiger partial charge in [0.05, 0.1) is 12.4 Å². The fourth-order valence-electron chi connectivity index (χ4n) is 1.31. The summed E-state index contributed by atoms with van der Waals surface area (Å²) in [5.74, 6) is 1.44. The quantitative estimate of drug-likeness (QED) is 0.655. The molecule has 1 aromatic heterocycles. The van der Waals surface area contributed by atoms with E-state index in [2.05, 4.69) is 25.9 Å². The van der Waals surface area contributed by atoms with Gasteiger partial charge in [0.2, 0.25) is 5.91 Å². The van der Waals surface area contributed by atoms with E-state index in [0.29, 0.717) is 25.3 Å². The smallest absolute Gasteiger partial charge is 0.221 e. The Morgan fingerprint density at radius 3 is 2.53 bits per heavy atom. The third kappa shape index (κ3) is 5.14. The van der Waals surface area contributed by atoms with Crippen molar-refractivity contribution in [3.8, 4) is 0 Å². The average molecular weight is 237 g/mol. The highest BCUT2D eigenvalue weighted by molar-refractivity contribution is 5.76. The Kier molecular flexibility index (Phi) is 5.77. The zero-order valence-electron chi connectivity index (χ0n) is 10.3. The van der Waals surface area contributed by atoms with Gasteiger partial charge in [-0.3, -0.25) is 9.78 Å². The molecule has 6 heteroatoms. The number of amides is 1. The van der Waals surface area contributed by atoms with Crippen molar-refractivity contribution in [2.24, 2.45) is 0 Å². The summed E-state index contributed by atoms with van der Waals surface area (Å²) >= 11 is 0. The minimum absolute atomic E-state index is 0.0378. The number of carbonyl (C=O) groups excluding carboxylic acids is 1. The maximum Gasteiger partial charge on any atom is 0.221 e. The van der Waals surface area contributed by atoms with Crippen LogP contribution in [0.5, 0.6) is 0 Å². The Balaban J connectivity index is 2.35. The number of carbonyl (C=O) groups is 1. The largest absolute Gasteiger partial charge is 0.369 e. The SMILES string of the molecule is CCNC(=O)CCNc1cncc(NCC)n1. The van der Waals surface area contributed by atoms with Crippen molar-refractivity contribution in [2.75, 3.05) is 30.3 Å². The summed E-state index contributed by atoms with van der Waals surface area (Å²) in [6, 6.07) is 0. The molecule has 1 heterocycles. The molecule has 0 spiro atoms. The van der Waals surface area contributed by atoms with Crippen LogP contribution in [-0.4, -0.2) is 35.5 Å². The molecule has 0 fully saturated rings. The molecule has 0 atom stereocenters. The first-order valence-corrected chi connectivity index (χ1v) is 5.82. The number of aromatic nitrogens is 2. The van der Waals surface area contributed by atoms with Gasteiger partial charge in [-0.2, -0.15) is 0 Å². The minimum Gasteiger partial charge on any atom is -0.369 e. The molecule has 94 valence electrons. The maximum atomic E-state index is 11.2. The number of nitrogens with one attached hydrogen (secondary N) is 3. The monoisotopic (exact) mass is 237 g/mol. The highest BCUT2D eigenvalue weighted by Crippen LogP contribution is 2.05. The predicted molar refractivity (Wildman–Crippen MR) is 68.0 cm³/mol. The van der Waals surface area contributed by atoms with E-state index in [4.69, 9.17) is 0 Å². The predicted octanol–water partition coefficient (Wildman–Crippen LogP) is 0.846. The van der Waals surface area contributed by atoms with Crippen molar-refractivity contribution < 1.29 is 4.79 Å². The van der Waals surface area contributed by atoms with Crippen LogP contribution in [0.25, 0.3) is 0 Å². The van der Waals surface area contributed by atoms with Crippen LogP contribution >= 0.6 is 0 Å². The van der Waals surface area contributed by atoms with Crippen LogP contribution in [0, 0.1) is 0 Å². The van der Waals surface area contributed by atoms with Crippen LogP contribution < -0.4 is 16.0 Å². The molecule has 0 unspecified atom stereocenters. The number of anilines is 2. The fourth-order valence-corrected chi connectivity index (χ4v) is 1.31. The molecular weight excluding hydrogens is 218 g/mol. The zero-order valence-corrected chi connectivity index (χ0v) is 10.3. The number of rotatable bonds is 7. The van der Waals surface area contributed by atoms with Crippen LogP contribution in [0.15, 0.2) is 12.4 Å². The van der Waals surface area contributed by atoms with E-state index in [-0.39, 0.29) is 5.91 Å². The van der Waals surface area contributed by atoms with Gasteiger partial charge >= 0.3 is 0 Å². The van der Waals surface area contributed by atoms with E-state index < -0.39 is 0 Å². The molecule has 0 bridgehead atoms. The summed E-state index contributed by atoms with van der Waals surface area (Å²) in [4.78, 5) is 19.5. The summed E-state index contributed by atoms with van der Waals surface area (Å²) in [6.45, 7) is 5.91. The summed E-state index contributed by atoms with van der Waals surface area (Å²) < 4.78 is 0. The highest BCUT2D eigenvalue weighted by atomic mass is 16.1. The van der Waals surface area contributed by atoms with Crippen LogP contribution in [-0.2, 0) is 4.79 Å². The van der Waals surface area contributed by atoms with Crippen LogP contribution in [0.3, 0.4) is 0 Å². The van der Waals surface area contributed by atoms with Gasteiger partial charge in [0.15, 0.2) is 0 Å². The Bertz CT molecular complexity index is 355. The van der Waals surface area contributed by atoms with E-state index >= 15 is 0 Å². The van der Waals surface area contributed by atoms with Crippen molar-refractivity contribution in [2.45, 2.75) is 20.3 Å². The average Bonchev–Trinajstić information content (AvgIpc) is 2.30. The van der Waals surface area contributed by atoms with Crippen molar-refractivity contribution >= 4 is 17.5 Å². The number of hydrogen-bond acceptors (Lipinski definition) is 5. The molecule has 0 saturated carbocycles. The first kappa shape index (κ1) is 13.2. The Morgan fingerprint density at radius 2 is 1.88 bits per heavy atom. The molecule has 0 aliphatic carbocycles. The van der Waals surface area contributed by atoms with Gasteiger partial charge in [-0.05, 0) is 13.8 Å². The summed E-state index contributed by atoms with van der Waals surface area (Å²) in [5.41, 5.74) is 0. The summed E-state index contributed by atoms with van der Waals surface area (Å²) in [7, 11) is 0. The van der Waals surface area contributed by atoms with Crippen molar-refractivity contribution in [3.05, 3.63) is 12.4 Å². The lowest BCUT2D eigenvalue weighted by Crippen LogP contribution is -2.24. The molecule has 6 nitrogen and oxygen atoms in total. The third-order valence-corrected chi connectivity index (χ3v) is 2.02. The third-order valence-electron chi connectivity index (χ3n) is 2.02. The van der Waals surface area contributed by atoms with Gasteiger partial charge in [-0.1, -0.05) is 0 Å². The molecular formula is C11H19N5O. The summed E-state index contributed by atoms with van der Waals surface area (Å²) in [6.07, 6.45) is 3.73. The first-order valence-electron chi connectivity index (χ1n) is 5.82. The zero-order chi connectivity index (χ0) is 12.5. The molecule has 3 N–H and O–H groups in total. The van der Waals surface area contributed by atoms with E-state index in [0.717, 1.165) is 12.4 Å². The lowest BCUT2D eigenvalue weighted by Gasteiger charge is -2.07. The Hall–Kier alpha value is -1.85. The van der Waals surface area contributed by atoms with Crippen molar-refractivity contribution in [1.29, 1.82) is 0 Å². The molecule has 17 heavy (non-hydrogen) atoms. The van der Waals surface area contributed by atoms with Crippen LogP contribution in [0.1, 0.15) is 20.3 Å². The maximum absolute atomic E-state index is 11.2. The molecule has 0 aromatic carbocycles. The molecule has 1 aromatic rings. The van der Waals surface area contributed by atoms with Crippen LogP contribution in [0.4, 0.5) is 11.6 Å². The van der Waals surface area contributed by atoms with Gasteiger partial charge in [0, 0.05) is 26.1 Å². The number of hydrogen-bond donors (Lipinski definition) is 3. The van der Waals surface area contributed by atoms with Crippen molar-refractivity contribution in [1.82, 2.24) is 15.3 Å². The lowest BCUT2D eigenvalue weighted by molar-refractivity contribution is -0.120. The van der Waals surface area contributed by atoms with E-state index in [1.807, 2.05) is 13.8 Å². The van der Waals surface area contributed by atoms with Gasteiger partial charge in [-0.15, -0.1) is 0 Å². The molecule has 1 amide bonds. The molecule has 0 saturated heterocycles. The van der Waals surface area contributed by atoms with E-state index in [9.17, 15) is 4.79 Å². The second-order valence-electron chi connectivity index (χ2n) is 3.45. The minimum atomic E-state index is 0.0378. The fraction of sp³-hybridized carbons (Fsp3) is 0.545. The molecule has 0 aliphatic rings. The van der Waals surface area contributed by atoms with Gasteiger partial charge in [-0.25, -0.2) is 4.98 Å². The van der Waals surface area contributed by atoms with E-state index in [1.54, 1.807) is 12.4 Å². The molecule has 0 aliphatic heterocycles. The highest BCUT2D eigenvalue weighted by Gasteiger charge is 2.00. The van der Waals surface area contributed by atoms with Gasteiger partial charge in [0.1, 0.15) is 11.6 Å². The normalized spacial score (nSPS) is 9.76. The standard InChI is InChI=1S/C11H19N5O/c1-3-13-9-7-12-8-10(16-9)15-6-5-11(17)14-4-2/h7-8H,3-6H2,1-2H3,(H,14,17)(H2,13,15,16). The van der Waals surface area contributed by atoms with E-state index in [1.165, 1.54) is 0 Å². The topological polar surface area (TPSA) is 78.9 Å². The molecule has 1 rings (SSSR count). The Morgan fingerprint density at radius 1 is 1.18 bits per heavy atom. The van der Waals surface area contributed by atoms with Gasteiger partial charge < -0.3 is 16.0 Å². The van der Waals surface area contributed by atoms with Crippen molar-refractivity contribution in [3.63, 3.8) is 0 Å².